The summed E-state index contributed by atoms with van der Waals surface area (Å²) in [4.78, 5) is 12.1. The van der Waals surface area contributed by atoms with Gasteiger partial charge in [0.15, 0.2) is 0 Å². The van der Waals surface area contributed by atoms with Gasteiger partial charge in [-0.2, -0.15) is 13.2 Å². The zero-order valence-electron chi connectivity index (χ0n) is 10.6. The average molecular weight is 307 g/mol. The maximum absolute atomic E-state index is 12.9. The van der Waals surface area contributed by atoms with Crippen molar-refractivity contribution in [3.63, 3.8) is 0 Å². The first-order valence-electron chi connectivity index (χ1n) is 6.20. The Morgan fingerprint density at radius 3 is 2.45 bits per heavy atom. The molecule has 0 unspecified atom stereocenters. The Hall–Kier alpha value is -1.27. The maximum Gasteiger partial charge on any atom is 0.418 e. The number of rotatable bonds is 2. The summed E-state index contributed by atoms with van der Waals surface area (Å²) in [5.41, 5.74) is 3.41. The second kappa shape index (κ2) is 5.26. The van der Waals surface area contributed by atoms with Crippen molar-refractivity contribution in [2.75, 3.05) is 5.32 Å². The van der Waals surface area contributed by atoms with Crippen molar-refractivity contribution in [3.8, 4) is 0 Å². The highest BCUT2D eigenvalue weighted by molar-refractivity contribution is 6.34. The van der Waals surface area contributed by atoms with Gasteiger partial charge in [-0.25, -0.2) is 0 Å². The van der Waals surface area contributed by atoms with E-state index in [-0.39, 0.29) is 5.02 Å². The van der Waals surface area contributed by atoms with Crippen LogP contribution in [0.2, 0.25) is 5.02 Å². The summed E-state index contributed by atoms with van der Waals surface area (Å²) in [5.74, 6) is -0.617. The van der Waals surface area contributed by atoms with Crippen molar-refractivity contribution in [2.24, 2.45) is 5.73 Å². The van der Waals surface area contributed by atoms with Crippen LogP contribution in [0.1, 0.15) is 31.2 Å². The number of anilines is 1. The molecule has 3 N–H and O–H groups in total. The number of carbonyl (C=O) groups is 1. The topological polar surface area (TPSA) is 55.1 Å². The lowest BCUT2D eigenvalue weighted by Crippen LogP contribution is -2.48. The lowest BCUT2D eigenvalue weighted by Gasteiger charge is -2.24. The molecule has 0 bridgehead atoms. The predicted molar refractivity (Wildman–Crippen MR) is 70.5 cm³/mol. The first kappa shape index (κ1) is 15.1. The molecule has 1 aromatic carbocycles. The Bertz CT molecular complexity index is 525. The van der Waals surface area contributed by atoms with Crippen molar-refractivity contribution in [1.82, 2.24) is 0 Å². The molecule has 7 heteroatoms. The number of alkyl halides is 3. The molecular formula is C13H14ClF3N2O. The minimum atomic E-state index is -4.59. The summed E-state index contributed by atoms with van der Waals surface area (Å²) in [7, 11) is 0. The van der Waals surface area contributed by atoms with Crippen LogP contribution in [0.4, 0.5) is 18.9 Å². The minimum Gasteiger partial charge on any atom is -0.323 e. The number of hydrogen-bond donors (Lipinski definition) is 2. The molecule has 0 radical (unpaired) electrons. The molecular weight excluding hydrogens is 293 g/mol. The predicted octanol–water partition coefficient (Wildman–Crippen LogP) is 3.57. The Labute approximate surface area is 119 Å². The fourth-order valence-electron chi connectivity index (χ4n) is 2.36. The maximum atomic E-state index is 12.9. The lowest BCUT2D eigenvalue weighted by atomic mass is 9.97. The highest BCUT2D eigenvalue weighted by atomic mass is 35.5. The monoisotopic (exact) mass is 306 g/mol. The summed E-state index contributed by atoms with van der Waals surface area (Å²) in [5, 5.41) is 2.09. The minimum absolute atomic E-state index is 0.158. The molecule has 0 heterocycles. The van der Waals surface area contributed by atoms with Crippen LogP contribution in [-0.4, -0.2) is 11.4 Å². The van der Waals surface area contributed by atoms with Crippen molar-refractivity contribution >= 4 is 23.2 Å². The zero-order chi connectivity index (χ0) is 15.0. The van der Waals surface area contributed by atoms with E-state index in [9.17, 15) is 18.0 Å². The number of nitrogens with two attached hydrogens (primary N) is 1. The standard InChI is InChI=1S/C13H14ClF3N2O/c14-9-5-3-4-8(13(15,16)17)10(9)19-11(20)12(18)6-1-2-7-12/h3-5H,1-2,6-7,18H2,(H,19,20). The highest BCUT2D eigenvalue weighted by Crippen LogP contribution is 2.39. The van der Waals surface area contributed by atoms with Crippen molar-refractivity contribution in [2.45, 2.75) is 37.4 Å². The van der Waals surface area contributed by atoms with Crippen LogP contribution in [0.3, 0.4) is 0 Å². The third-order valence-electron chi connectivity index (χ3n) is 3.51. The van der Waals surface area contributed by atoms with E-state index in [1.165, 1.54) is 12.1 Å². The normalized spacial score (nSPS) is 18.1. The Morgan fingerprint density at radius 1 is 1.30 bits per heavy atom. The molecule has 0 spiro atoms. The molecule has 2 rings (SSSR count). The number of halogens is 4. The van der Waals surface area contributed by atoms with Crippen LogP contribution in [0.5, 0.6) is 0 Å². The van der Waals surface area contributed by atoms with Crippen molar-refractivity contribution in [1.29, 1.82) is 0 Å². The van der Waals surface area contributed by atoms with E-state index in [4.69, 9.17) is 17.3 Å². The van der Waals surface area contributed by atoms with E-state index in [2.05, 4.69) is 5.32 Å². The molecule has 3 nitrogen and oxygen atoms in total. The first-order valence-corrected chi connectivity index (χ1v) is 6.58. The Morgan fingerprint density at radius 2 is 1.90 bits per heavy atom. The SMILES string of the molecule is NC1(C(=O)Nc2c(Cl)cccc2C(F)(F)F)CCCC1. The van der Waals surface area contributed by atoms with Crippen LogP contribution in [0.15, 0.2) is 18.2 Å². The van der Waals surface area contributed by atoms with Gasteiger partial charge in [-0.05, 0) is 25.0 Å². The molecule has 1 aliphatic carbocycles. The second-order valence-electron chi connectivity index (χ2n) is 4.98. The lowest BCUT2D eigenvalue weighted by molar-refractivity contribution is -0.137. The molecule has 1 aliphatic rings. The number of nitrogens with one attached hydrogen (secondary N) is 1. The fourth-order valence-corrected chi connectivity index (χ4v) is 2.58. The molecule has 0 atom stereocenters. The highest BCUT2D eigenvalue weighted by Gasteiger charge is 2.40. The number of hydrogen-bond acceptors (Lipinski definition) is 2. The fraction of sp³-hybridized carbons (Fsp3) is 0.462. The van der Waals surface area contributed by atoms with Gasteiger partial charge in [-0.3, -0.25) is 4.79 Å². The quantitative estimate of drug-likeness (QED) is 0.877. The van der Waals surface area contributed by atoms with Gasteiger partial charge in [0.1, 0.15) is 0 Å². The molecule has 1 amide bonds. The molecule has 1 fully saturated rings. The van der Waals surface area contributed by atoms with Gasteiger partial charge >= 0.3 is 6.18 Å². The van der Waals surface area contributed by atoms with Gasteiger partial charge in [0.25, 0.3) is 0 Å². The third-order valence-corrected chi connectivity index (χ3v) is 3.82. The van der Waals surface area contributed by atoms with E-state index in [1.807, 2.05) is 0 Å². The van der Waals surface area contributed by atoms with Gasteiger partial charge in [-0.1, -0.05) is 30.5 Å². The summed E-state index contributed by atoms with van der Waals surface area (Å²) in [6.45, 7) is 0. The second-order valence-corrected chi connectivity index (χ2v) is 5.38. The van der Waals surface area contributed by atoms with Crippen LogP contribution in [0, 0.1) is 0 Å². The number of amides is 1. The Balaban J connectivity index is 2.32. The number of para-hydroxylation sites is 1. The van der Waals surface area contributed by atoms with Gasteiger partial charge < -0.3 is 11.1 Å². The summed E-state index contributed by atoms with van der Waals surface area (Å²) < 4.78 is 38.7. The number of carbonyl (C=O) groups excluding carboxylic acids is 1. The molecule has 1 saturated carbocycles. The van der Waals surface area contributed by atoms with E-state index in [1.54, 1.807) is 0 Å². The van der Waals surface area contributed by atoms with Gasteiger partial charge in [-0.15, -0.1) is 0 Å². The number of benzene rings is 1. The van der Waals surface area contributed by atoms with Crippen LogP contribution in [0.25, 0.3) is 0 Å². The van der Waals surface area contributed by atoms with Gasteiger partial charge in [0, 0.05) is 0 Å². The largest absolute Gasteiger partial charge is 0.418 e. The van der Waals surface area contributed by atoms with Gasteiger partial charge in [0.05, 0.1) is 21.8 Å². The zero-order valence-corrected chi connectivity index (χ0v) is 11.3. The Kier molecular flexibility index (Phi) is 3.97. The molecule has 1 aromatic rings. The summed E-state index contributed by atoms with van der Waals surface area (Å²) in [6.07, 6.45) is -2.09. The molecule has 0 aliphatic heterocycles. The third kappa shape index (κ3) is 2.91. The molecule has 110 valence electrons. The van der Waals surface area contributed by atoms with E-state index < -0.39 is 28.9 Å². The summed E-state index contributed by atoms with van der Waals surface area (Å²) >= 11 is 5.78. The van der Waals surface area contributed by atoms with E-state index in [0.29, 0.717) is 12.8 Å². The van der Waals surface area contributed by atoms with Crippen molar-refractivity contribution < 1.29 is 18.0 Å². The molecule has 0 aromatic heterocycles. The van der Waals surface area contributed by atoms with Crippen LogP contribution >= 0.6 is 11.6 Å². The van der Waals surface area contributed by atoms with Crippen LogP contribution < -0.4 is 11.1 Å². The smallest absolute Gasteiger partial charge is 0.323 e. The van der Waals surface area contributed by atoms with E-state index in [0.717, 1.165) is 18.9 Å². The summed E-state index contributed by atoms with van der Waals surface area (Å²) in [6, 6.07) is 3.36. The van der Waals surface area contributed by atoms with Gasteiger partial charge in [0.2, 0.25) is 5.91 Å². The van der Waals surface area contributed by atoms with Crippen molar-refractivity contribution in [3.05, 3.63) is 28.8 Å². The molecule has 0 saturated heterocycles. The average Bonchev–Trinajstić information content (AvgIpc) is 2.78. The van der Waals surface area contributed by atoms with E-state index >= 15 is 0 Å². The molecule has 20 heavy (non-hydrogen) atoms. The van der Waals surface area contributed by atoms with Crippen LogP contribution in [-0.2, 0) is 11.0 Å². The first-order chi connectivity index (χ1) is 9.24.